The molecule has 4 heterocycles. The monoisotopic (exact) mass is 724 g/mol. The molecule has 2 aromatic rings. The first-order valence-electron chi connectivity index (χ1n) is 15.6. The van der Waals surface area contributed by atoms with E-state index >= 15 is 0 Å². The molecule has 12 nitrogen and oxygen atoms in total. The van der Waals surface area contributed by atoms with Crippen LogP contribution in [0.4, 0.5) is 13.2 Å². The summed E-state index contributed by atoms with van der Waals surface area (Å²) in [7, 11) is -6.85. The summed E-state index contributed by atoms with van der Waals surface area (Å²) in [4.78, 5) is 4.30. The highest BCUT2D eigenvalue weighted by Crippen LogP contribution is 2.40. The van der Waals surface area contributed by atoms with Crippen LogP contribution in [0.1, 0.15) is 29.7 Å². The highest BCUT2D eigenvalue weighted by molar-refractivity contribution is 7.99. The Morgan fingerprint density at radius 3 is 2.38 bits per heavy atom. The first-order chi connectivity index (χ1) is 22.1. The highest BCUT2D eigenvalue weighted by atomic mass is 32.2. The van der Waals surface area contributed by atoms with E-state index in [1.54, 1.807) is 4.68 Å². The van der Waals surface area contributed by atoms with Crippen LogP contribution in [-0.2, 0) is 50.5 Å². The van der Waals surface area contributed by atoms with Crippen molar-refractivity contribution in [2.45, 2.75) is 55.6 Å². The number of alkyl halides is 3. The number of benzene rings is 1. The number of β-amino-alcohol motifs (C(OH)–C–C–N with tert-alkyl or cyclic N) is 1. The molecule has 0 radical (unpaired) electrons. The molecule has 5 rings (SSSR count). The highest BCUT2D eigenvalue weighted by Gasteiger charge is 2.35. The maximum atomic E-state index is 14.1. The SMILES string of the molecule is CS(=O)(=O)NC1CCN(CC(O)Cn2nc(-c3ccc(C(F)(F)F)c(SCCN4CCOCC4)c3)c3c2CCN(S(C)(=O)=O)C3)CC1. The van der Waals surface area contributed by atoms with Gasteiger partial charge in [-0.2, -0.15) is 22.6 Å². The summed E-state index contributed by atoms with van der Waals surface area (Å²) in [5, 5.41) is 15.9. The minimum atomic E-state index is -4.55. The van der Waals surface area contributed by atoms with Crippen molar-refractivity contribution in [2.75, 3.05) is 77.3 Å². The number of ether oxygens (including phenoxy) is 1. The molecule has 2 saturated heterocycles. The van der Waals surface area contributed by atoms with Crippen molar-refractivity contribution in [3.63, 3.8) is 0 Å². The number of aliphatic hydroxyl groups excluding tert-OH is 1. The number of thioether (sulfide) groups is 1. The third-order valence-corrected chi connectivity index (χ3v) is 11.8. The summed E-state index contributed by atoms with van der Waals surface area (Å²) in [5.41, 5.74) is 1.48. The largest absolute Gasteiger partial charge is 0.417 e. The molecular formula is C29H43F3N6O6S3. The molecule has 3 aliphatic rings. The Hall–Kier alpha value is -1.77. The van der Waals surface area contributed by atoms with E-state index < -0.39 is 37.9 Å². The third kappa shape index (κ3) is 9.91. The molecule has 47 heavy (non-hydrogen) atoms. The fraction of sp³-hybridized carbons (Fsp3) is 0.690. The van der Waals surface area contributed by atoms with Gasteiger partial charge in [-0.25, -0.2) is 21.6 Å². The average molecular weight is 725 g/mol. The normalized spacial score (nSPS) is 20.4. The van der Waals surface area contributed by atoms with Crippen molar-refractivity contribution in [3.05, 3.63) is 35.0 Å². The van der Waals surface area contributed by atoms with Gasteiger partial charge in [0.05, 0.1) is 49.6 Å². The van der Waals surface area contributed by atoms with Gasteiger partial charge in [-0.3, -0.25) is 9.58 Å². The smallest absolute Gasteiger partial charge is 0.390 e. The zero-order valence-electron chi connectivity index (χ0n) is 26.6. The van der Waals surface area contributed by atoms with Gasteiger partial charge in [0.2, 0.25) is 20.0 Å². The summed E-state index contributed by atoms with van der Waals surface area (Å²) in [6.45, 7) is 5.19. The predicted octanol–water partition coefficient (Wildman–Crippen LogP) is 1.69. The van der Waals surface area contributed by atoms with Gasteiger partial charge in [-0.15, -0.1) is 11.8 Å². The number of nitrogens with zero attached hydrogens (tertiary/aromatic N) is 5. The minimum absolute atomic E-state index is 0.0287. The van der Waals surface area contributed by atoms with E-state index in [-0.39, 0.29) is 30.6 Å². The number of piperidine rings is 1. The van der Waals surface area contributed by atoms with Crippen LogP contribution in [0, 0.1) is 0 Å². The molecule has 0 saturated carbocycles. The van der Waals surface area contributed by atoms with Crippen molar-refractivity contribution < 1.29 is 39.9 Å². The molecule has 0 spiro atoms. The topological polar surface area (TPSA) is 137 Å². The van der Waals surface area contributed by atoms with Crippen molar-refractivity contribution in [1.82, 2.24) is 28.6 Å². The lowest BCUT2D eigenvalue weighted by molar-refractivity contribution is -0.139. The predicted molar refractivity (Wildman–Crippen MR) is 173 cm³/mol. The number of hydrogen-bond donors (Lipinski definition) is 2. The van der Waals surface area contributed by atoms with Gasteiger partial charge >= 0.3 is 6.18 Å². The Labute approximate surface area is 278 Å². The van der Waals surface area contributed by atoms with Crippen LogP contribution in [0.2, 0.25) is 0 Å². The zero-order chi connectivity index (χ0) is 34.0. The second kappa shape index (κ2) is 15.0. The van der Waals surface area contributed by atoms with Crippen molar-refractivity contribution in [3.8, 4) is 11.3 Å². The Kier molecular flexibility index (Phi) is 11.7. The van der Waals surface area contributed by atoms with Gasteiger partial charge < -0.3 is 14.7 Å². The first kappa shape index (κ1) is 36.5. The lowest BCUT2D eigenvalue weighted by Crippen LogP contribution is -2.46. The molecule has 1 aromatic carbocycles. The number of likely N-dealkylation sites (tertiary alicyclic amines) is 1. The molecule has 18 heteroatoms. The summed E-state index contributed by atoms with van der Waals surface area (Å²) >= 11 is 1.13. The third-order valence-electron chi connectivity index (χ3n) is 8.72. The number of aliphatic hydroxyl groups is 1. The van der Waals surface area contributed by atoms with Gasteiger partial charge in [0, 0.05) is 79.2 Å². The number of rotatable bonds is 12. The van der Waals surface area contributed by atoms with E-state index in [0.29, 0.717) is 81.2 Å². The van der Waals surface area contributed by atoms with Gasteiger partial charge in [-0.05, 0) is 38.1 Å². The molecule has 1 atom stereocenters. The Balaban J connectivity index is 1.37. The number of halogens is 3. The van der Waals surface area contributed by atoms with Crippen LogP contribution in [0.5, 0.6) is 0 Å². The minimum Gasteiger partial charge on any atom is -0.390 e. The number of hydrogen-bond acceptors (Lipinski definition) is 10. The summed E-state index contributed by atoms with van der Waals surface area (Å²) < 4.78 is 101. The average Bonchev–Trinajstić information content (AvgIpc) is 3.34. The van der Waals surface area contributed by atoms with E-state index in [1.165, 1.54) is 16.4 Å². The number of morpholine rings is 1. The van der Waals surface area contributed by atoms with Crippen LogP contribution in [0.25, 0.3) is 11.3 Å². The summed E-state index contributed by atoms with van der Waals surface area (Å²) in [6, 6.07) is 3.78. The van der Waals surface area contributed by atoms with Gasteiger partial charge in [0.1, 0.15) is 0 Å². The molecule has 1 aromatic heterocycles. The summed E-state index contributed by atoms with van der Waals surface area (Å²) in [6.07, 6.45) is -1.56. The fourth-order valence-corrected chi connectivity index (χ4v) is 9.10. The maximum Gasteiger partial charge on any atom is 0.417 e. The number of aromatic nitrogens is 2. The lowest BCUT2D eigenvalue weighted by atomic mass is 10.0. The molecule has 1 unspecified atom stereocenters. The number of fused-ring (bicyclic) bond motifs is 1. The van der Waals surface area contributed by atoms with Crippen LogP contribution in [-0.4, -0.2) is 135 Å². The Morgan fingerprint density at radius 1 is 1.04 bits per heavy atom. The molecule has 264 valence electrons. The van der Waals surface area contributed by atoms with E-state index in [1.807, 2.05) is 0 Å². The van der Waals surface area contributed by atoms with Gasteiger partial charge in [0.15, 0.2) is 0 Å². The van der Waals surface area contributed by atoms with E-state index in [2.05, 4.69) is 14.5 Å². The van der Waals surface area contributed by atoms with E-state index in [0.717, 1.165) is 49.1 Å². The molecule has 3 aliphatic heterocycles. The zero-order valence-corrected chi connectivity index (χ0v) is 29.0. The van der Waals surface area contributed by atoms with E-state index in [9.17, 15) is 35.1 Å². The molecule has 0 amide bonds. The molecular weight excluding hydrogens is 682 g/mol. The van der Waals surface area contributed by atoms with Crippen molar-refractivity contribution in [1.29, 1.82) is 0 Å². The molecule has 2 N–H and O–H groups in total. The molecule has 0 aliphatic carbocycles. The van der Waals surface area contributed by atoms with Crippen LogP contribution in [0.15, 0.2) is 23.1 Å². The Bertz CT molecular complexity index is 1610. The van der Waals surface area contributed by atoms with Gasteiger partial charge in [-0.1, -0.05) is 6.07 Å². The first-order valence-corrected chi connectivity index (χ1v) is 20.4. The van der Waals surface area contributed by atoms with Crippen LogP contribution in [0.3, 0.4) is 0 Å². The van der Waals surface area contributed by atoms with Crippen LogP contribution >= 0.6 is 11.8 Å². The molecule has 2 fully saturated rings. The fourth-order valence-electron chi connectivity index (χ4n) is 6.36. The standard InChI is InChI=1S/C29H43F3N6O6S3/c1-46(40,41)34-22-5-8-36(9-6-22)18-23(39)19-38-26-7-10-37(47(2,42)43)20-24(26)28(33-38)21-3-4-25(29(30,31)32)27(17-21)45-16-13-35-11-14-44-15-12-35/h3-4,17,22-23,34,39H,5-16,18-20H2,1-2H3. The molecule has 0 bridgehead atoms. The lowest BCUT2D eigenvalue weighted by Gasteiger charge is -2.33. The second-order valence-corrected chi connectivity index (χ2v) is 17.3. The maximum absolute atomic E-state index is 14.1. The van der Waals surface area contributed by atoms with Crippen LogP contribution < -0.4 is 4.72 Å². The quantitative estimate of drug-likeness (QED) is 0.312. The number of sulfonamides is 2. The Morgan fingerprint density at radius 2 is 1.74 bits per heavy atom. The van der Waals surface area contributed by atoms with E-state index in [4.69, 9.17) is 9.84 Å². The number of nitrogens with one attached hydrogen (secondary N) is 1. The summed E-state index contributed by atoms with van der Waals surface area (Å²) in [5.74, 6) is 0.453. The van der Waals surface area contributed by atoms with Gasteiger partial charge in [0.25, 0.3) is 0 Å². The van der Waals surface area contributed by atoms with Crippen molar-refractivity contribution >= 4 is 31.8 Å². The second-order valence-electron chi connectivity index (χ2n) is 12.4. The van der Waals surface area contributed by atoms with Crippen molar-refractivity contribution in [2.24, 2.45) is 0 Å².